The zero-order chi connectivity index (χ0) is 12.8. The lowest BCUT2D eigenvalue weighted by Gasteiger charge is -2.09. The molecule has 0 saturated heterocycles. The lowest BCUT2D eigenvalue weighted by molar-refractivity contribution is 0.407. The van der Waals surface area contributed by atoms with Crippen LogP contribution < -0.4 is 10.1 Å². The summed E-state index contributed by atoms with van der Waals surface area (Å²) in [6.07, 6.45) is 2.59. The Labute approximate surface area is 115 Å². The maximum absolute atomic E-state index is 5.32. The van der Waals surface area contributed by atoms with E-state index in [1.54, 1.807) is 13.4 Å². The number of halogens is 1. The quantitative estimate of drug-likeness (QED) is 0.831. The van der Waals surface area contributed by atoms with E-state index in [1.807, 2.05) is 24.3 Å². The van der Waals surface area contributed by atoms with Crippen LogP contribution in [-0.2, 0) is 13.0 Å². The molecule has 1 aromatic carbocycles. The minimum absolute atomic E-state index is 0.781. The van der Waals surface area contributed by atoms with Gasteiger partial charge in [-0.1, -0.05) is 15.9 Å². The number of furan rings is 1. The first-order valence-corrected chi connectivity index (χ1v) is 6.64. The van der Waals surface area contributed by atoms with Crippen LogP contribution in [0.1, 0.15) is 11.3 Å². The van der Waals surface area contributed by atoms with Crippen LogP contribution in [0, 0.1) is 0 Å². The fourth-order valence-corrected chi connectivity index (χ4v) is 2.18. The third kappa shape index (κ3) is 3.62. The molecule has 0 unspecified atom stereocenters. The first-order valence-electron chi connectivity index (χ1n) is 5.85. The zero-order valence-electron chi connectivity index (χ0n) is 10.3. The number of hydrogen-bond donors (Lipinski definition) is 1. The number of hydrogen-bond acceptors (Lipinski definition) is 3. The summed E-state index contributed by atoms with van der Waals surface area (Å²) in [5.74, 6) is 1.91. The molecule has 3 nitrogen and oxygen atoms in total. The van der Waals surface area contributed by atoms with Crippen LogP contribution in [0.3, 0.4) is 0 Å². The molecule has 0 bridgehead atoms. The molecule has 0 radical (unpaired) electrons. The van der Waals surface area contributed by atoms with Gasteiger partial charge >= 0.3 is 0 Å². The van der Waals surface area contributed by atoms with Crippen LogP contribution in [-0.4, -0.2) is 13.7 Å². The molecule has 0 fully saturated rings. The summed E-state index contributed by atoms with van der Waals surface area (Å²) in [4.78, 5) is 0. The number of methoxy groups -OCH3 is 1. The molecule has 0 aliphatic carbocycles. The first kappa shape index (κ1) is 13.2. The topological polar surface area (TPSA) is 34.4 Å². The predicted molar refractivity (Wildman–Crippen MR) is 74.8 cm³/mol. The molecule has 1 aromatic heterocycles. The molecule has 0 atom stereocenters. The number of rotatable bonds is 6. The van der Waals surface area contributed by atoms with Gasteiger partial charge in [0, 0.05) is 29.5 Å². The van der Waals surface area contributed by atoms with E-state index < -0.39 is 0 Å². The van der Waals surface area contributed by atoms with Gasteiger partial charge in [0.2, 0.25) is 0 Å². The summed E-state index contributed by atoms with van der Waals surface area (Å²) >= 11 is 3.47. The van der Waals surface area contributed by atoms with Crippen molar-refractivity contribution < 1.29 is 9.15 Å². The fourth-order valence-electron chi connectivity index (χ4n) is 1.77. The molecule has 0 aliphatic heterocycles. The Morgan fingerprint density at radius 1 is 1.33 bits per heavy atom. The molecule has 4 heteroatoms. The van der Waals surface area contributed by atoms with Crippen molar-refractivity contribution in [3.8, 4) is 5.75 Å². The number of benzene rings is 1. The number of nitrogens with one attached hydrogen (secondary N) is 1. The van der Waals surface area contributed by atoms with E-state index in [4.69, 9.17) is 9.15 Å². The summed E-state index contributed by atoms with van der Waals surface area (Å²) in [5.41, 5.74) is 1.14. The van der Waals surface area contributed by atoms with Gasteiger partial charge in [0.1, 0.15) is 11.5 Å². The summed E-state index contributed by atoms with van der Waals surface area (Å²) in [6, 6.07) is 9.91. The maximum atomic E-state index is 5.32. The molecule has 18 heavy (non-hydrogen) atoms. The first-order chi connectivity index (χ1) is 8.79. The normalized spacial score (nSPS) is 10.6. The molecule has 0 saturated carbocycles. The second-order valence-corrected chi connectivity index (χ2v) is 4.88. The minimum atomic E-state index is 0.781. The van der Waals surface area contributed by atoms with Gasteiger partial charge in [-0.05, 0) is 30.3 Å². The third-order valence-electron chi connectivity index (χ3n) is 2.69. The van der Waals surface area contributed by atoms with Gasteiger partial charge in [0.05, 0.1) is 13.4 Å². The van der Waals surface area contributed by atoms with Crippen molar-refractivity contribution in [1.82, 2.24) is 5.32 Å². The Hall–Kier alpha value is -1.26. The molecule has 0 amide bonds. The lowest BCUT2D eigenvalue weighted by atomic mass is 10.2. The predicted octanol–water partition coefficient (Wildman–Crippen LogP) is 3.38. The highest BCUT2D eigenvalue weighted by Crippen LogP contribution is 2.22. The van der Waals surface area contributed by atoms with Gasteiger partial charge in [-0.15, -0.1) is 0 Å². The third-order valence-corrected chi connectivity index (χ3v) is 3.18. The second kappa shape index (κ2) is 6.61. The summed E-state index contributed by atoms with van der Waals surface area (Å²) in [7, 11) is 1.69. The van der Waals surface area contributed by atoms with Crippen LogP contribution in [0.2, 0.25) is 0 Å². The van der Waals surface area contributed by atoms with Crippen LogP contribution in [0.5, 0.6) is 5.75 Å². The lowest BCUT2D eigenvalue weighted by Crippen LogP contribution is -2.17. The van der Waals surface area contributed by atoms with E-state index in [1.165, 1.54) is 0 Å². The fraction of sp³-hybridized carbons (Fsp3) is 0.286. The SMILES string of the molecule is COc1ccc(Br)cc1CNCCc1ccco1. The molecule has 2 rings (SSSR count). The van der Waals surface area contributed by atoms with Crippen LogP contribution in [0.4, 0.5) is 0 Å². The maximum Gasteiger partial charge on any atom is 0.123 e. The van der Waals surface area contributed by atoms with Gasteiger partial charge < -0.3 is 14.5 Å². The molecular formula is C14H16BrNO2. The smallest absolute Gasteiger partial charge is 0.123 e. The summed E-state index contributed by atoms with van der Waals surface area (Å²) in [5, 5.41) is 3.38. The average Bonchev–Trinajstić information content (AvgIpc) is 2.88. The van der Waals surface area contributed by atoms with Gasteiger partial charge in [0.25, 0.3) is 0 Å². The highest BCUT2D eigenvalue weighted by molar-refractivity contribution is 9.10. The molecule has 2 aromatic rings. The monoisotopic (exact) mass is 309 g/mol. The molecule has 0 spiro atoms. The summed E-state index contributed by atoms with van der Waals surface area (Å²) in [6.45, 7) is 1.66. The Balaban J connectivity index is 1.84. The van der Waals surface area contributed by atoms with Crippen molar-refractivity contribution in [2.24, 2.45) is 0 Å². The highest BCUT2D eigenvalue weighted by atomic mass is 79.9. The minimum Gasteiger partial charge on any atom is -0.496 e. The van der Waals surface area contributed by atoms with Crippen molar-refractivity contribution >= 4 is 15.9 Å². The largest absolute Gasteiger partial charge is 0.496 e. The second-order valence-electron chi connectivity index (χ2n) is 3.96. The van der Waals surface area contributed by atoms with E-state index in [2.05, 4.69) is 27.3 Å². The summed E-state index contributed by atoms with van der Waals surface area (Å²) < 4.78 is 11.7. The average molecular weight is 310 g/mol. The van der Waals surface area contributed by atoms with Gasteiger partial charge in [0.15, 0.2) is 0 Å². The van der Waals surface area contributed by atoms with Crippen LogP contribution in [0.15, 0.2) is 45.5 Å². The molecule has 1 heterocycles. The molecule has 1 N–H and O–H groups in total. The van der Waals surface area contributed by atoms with Crippen LogP contribution >= 0.6 is 15.9 Å². The Morgan fingerprint density at radius 3 is 2.94 bits per heavy atom. The van der Waals surface area contributed by atoms with Gasteiger partial charge in [-0.25, -0.2) is 0 Å². The van der Waals surface area contributed by atoms with Crippen molar-refractivity contribution in [1.29, 1.82) is 0 Å². The Kier molecular flexibility index (Phi) is 4.84. The highest BCUT2D eigenvalue weighted by Gasteiger charge is 2.03. The molecule has 96 valence electrons. The van der Waals surface area contributed by atoms with Gasteiger partial charge in [-0.2, -0.15) is 0 Å². The molecule has 0 aliphatic rings. The van der Waals surface area contributed by atoms with E-state index >= 15 is 0 Å². The van der Waals surface area contributed by atoms with Crippen molar-refractivity contribution in [3.63, 3.8) is 0 Å². The van der Waals surface area contributed by atoms with Crippen LogP contribution in [0.25, 0.3) is 0 Å². The standard InChI is InChI=1S/C14H16BrNO2/c1-17-14-5-4-12(15)9-11(14)10-16-7-6-13-3-2-8-18-13/h2-5,8-9,16H,6-7,10H2,1H3. The van der Waals surface area contributed by atoms with E-state index in [0.717, 1.165) is 41.1 Å². The van der Waals surface area contributed by atoms with E-state index in [9.17, 15) is 0 Å². The Morgan fingerprint density at radius 2 is 2.22 bits per heavy atom. The van der Waals surface area contributed by atoms with Gasteiger partial charge in [-0.3, -0.25) is 0 Å². The number of ether oxygens (including phenoxy) is 1. The zero-order valence-corrected chi connectivity index (χ0v) is 11.9. The van der Waals surface area contributed by atoms with Crippen molar-refractivity contribution in [2.45, 2.75) is 13.0 Å². The van der Waals surface area contributed by atoms with Crippen molar-refractivity contribution in [2.75, 3.05) is 13.7 Å². The van der Waals surface area contributed by atoms with E-state index in [-0.39, 0.29) is 0 Å². The Bertz CT molecular complexity index is 483. The van der Waals surface area contributed by atoms with Crippen molar-refractivity contribution in [3.05, 3.63) is 52.4 Å². The molecular weight excluding hydrogens is 294 g/mol. The van der Waals surface area contributed by atoms with E-state index in [0.29, 0.717) is 0 Å².